The number of hydrogen-bond acceptors (Lipinski definition) is 7. The molecule has 0 saturated carbocycles. The summed E-state index contributed by atoms with van der Waals surface area (Å²) >= 11 is 1.28. The second-order valence-corrected chi connectivity index (χ2v) is 8.87. The smallest absolute Gasteiger partial charge is 0.352 e. The molecule has 11 heteroatoms. The normalized spacial score (nSPS) is 11.4. The molecular formula is C22H25N5O5S. The number of carbonyl (C=O) groups excluding carboxylic acids is 1. The van der Waals surface area contributed by atoms with Crippen molar-refractivity contribution in [3.8, 4) is 11.5 Å². The van der Waals surface area contributed by atoms with Gasteiger partial charge in [-0.3, -0.25) is 14.2 Å². The van der Waals surface area contributed by atoms with Crippen molar-refractivity contribution in [2.75, 3.05) is 14.2 Å². The minimum atomic E-state index is -0.472. The van der Waals surface area contributed by atoms with Crippen LogP contribution in [0.3, 0.4) is 0 Å². The molecule has 33 heavy (non-hydrogen) atoms. The van der Waals surface area contributed by atoms with Crippen LogP contribution in [0.1, 0.15) is 19.4 Å². The van der Waals surface area contributed by atoms with Crippen molar-refractivity contribution >= 4 is 33.2 Å². The maximum Gasteiger partial charge on any atom is 0.352 e. The lowest BCUT2D eigenvalue weighted by Gasteiger charge is -2.13. The number of nitrogens with zero attached hydrogens (tertiary/aromatic N) is 4. The molecule has 0 fully saturated rings. The Kier molecular flexibility index (Phi) is 6.23. The van der Waals surface area contributed by atoms with Crippen LogP contribution in [0.2, 0.25) is 0 Å². The van der Waals surface area contributed by atoms with Gasteiger partial charge in [0.1, 0.15) is 11.2 Å². The van der Waals surface area contributed by atoms with E-state index >= 15 is 0 Å². The molecule has 0 spiro atoms. The van der Waals surface area contributed by atoms with E-state index in [1.54, 1.807) is 30.7 Å². The van der Waals surface area contributed by atoms with Crippen LogP contribution < -0.4 is 26.0 Å². The number of benzene rings is 1. The molecule has 10 nitrogen and oxygen atoms in total. The molecule has 0 aliphatic carbocycles. The van der Waals surface area contributed by atoms with Gasteiger partial charge in [0.25, 0.3) is 5.56 Å². The Morgan fingerprint density at radius 3 is 2.67 bits per heavy atom. The summed E-state index contributed by atoms with van der Waals surface area (Å²) in [4.78, 5) is 38.7. The van der Waals surface area contributed by atoms with E-state index in [-0.39, 0.29) is 30.3 Å². The lowest BCUT2D eigenvalue weighted by Crippen LogP contribution is -2.32. The number of nitrogens with one attached hydrogen (secondary N) is 1. The van der Waals surface area contributed by atoms with E-state index in [0.717, 1.165) is 10.2 Å². The molecule has 4 rings (SSSR count). The predicted molar refractivity (Wildman–Crippen MR) is 125 cm³/mol. The summed E-state index contributed by atoms with van der Waals surface area (Å²) in [5.41, 5.74) is 0.573. The highest BCUT2D eigenvalue weighted by Gasteiger charge is 2.20. The molecule has 3 heterocycles. The first-order valence-electron chi connectivity index (χ1n) is 10.4. The molecule has 4 aromatic rings. The Hall–Kier alpha value is -3.60. The number of carbonyl (C=O) groups is 1. The van der Waals surface area contributed by atoms with Gasteiger partial charge in [-0.05, 0) is 23.4 Å². The van der Waals surface area contributed by atoms with Crippen LogP contribution in [0.25, 0.3) is 16.0 Å². The predicted octanol–water partition coefficient (Wildman–Crippen LogP) is 1.86. The van der Waals surface area contributed by atoms with E-state index in [1.165, 1.54) is 27.4 Å². The van der Waals surface area contributed by atoms with E-state index in [4.69, 9.17) is 9.47 Å². The summed E-state index contributed by atoms with van der Waals surface area (Å²) in [5.74, 6) is 1.09. The topological polar surface area (TPSA) is 109 Å². The molecule has 0 aliphatic rings. The first-order valence-corrected chi connectivity index (χ1v) is 11.3. The van der Waals surface area contributed by atoms with Gasteiger partial charge in [0.15, 0.2) is 11.5 Å². The lowest BCUT2D eigenvalue weighted by molar-refractivity contribution is -0.122. The minimum Gasteiger partial charge on any atom is -0.493 e. The maximum atomic E-state index is 13.1. The second-order valence-electron chi connectivity index (χ2n) is 7.95. The maximum absolute atomic E-state index is 13.1. The average Bonchev–Trinajstić information content (AvgIpc) is 3.39. The van der Waals surface area contributed by atoms with Crippen molar-refractivity contribution in [1.82, 2.24) is 24.1 Å². The van der Waals surface area contributed by atoms with Gasteiger partial charge in [-0.25, -0.2) is 13.9 Å². The number of methoxy groups -OCH3 is 2. The average molecular weight is 472 g/mol. The number of aromatic nitrogens is 4. The molecule has 0 atom stereocenters. The Morgan fingerprint density at radius 1 is 1.18 bits per heavy atom. The van der Waals surface area contributed by atoms with Crippen molar-refractivity contribution in [1.29, 1.82) is 0 Å². The Balaban J connectivity index is 1.65. The van der Waals surface area contributed by atoms with Crippen LogP contribution >= 0.6 is 11.3 Å². The van der Waals surface area contributed by atoms with Gasteiger partial charge in [-0.2, -0.15) is 0 Å². The van der Waals surface area contributed by atoms with E-state index in [9.17, 15) is 14.4 Å². The first kappa shape index (κ1) is 22.6. The fourth-order valence-electron chi connectivity index (χ4n) is 3.75. The Morgan fingerprint density at radius 2 is 1.97 bits per heavy atom. The number of rotatable bonds is 8. The lowest BCUT2D eigenvalue weighted by atomic mass is 10.2. The summed E-state index contributed by atoms with van der Waals surface area (Å²) in [6.45, 7) is 4.28. The van der Waals surface area contributed by atoms with Gasteiger partial charge in [-0.15, -0.1) is 16.4 Å². The van der Waals surface area contributed by atoms with Gasteiger partial charge in [0.05, 0.1) is 19.7 Å². The fraction of sp³-hybridized carbons (Fsp3) is 0.364. The van der Waals surface area contributed by atoms with Gasteiger partial charge in [0, 0.05) is 18.7 Å². The largest absolute Gasteiger partial charge is 0.493 e. The zero-order valence-corrected chi connectivity index (χ0v) is 19.6. The minimum absolute atomic E-state index is 0.172. The van der Waals surface area contributed by atoms with Crippen LogP contribution in [-0.2, 0) is 24.4 Å². The summed E-state index contributed by atoms with van der Waals surface area (Å²) in [7, 11) is 3.07. The number of thiophene rings is 1. The highest BCUT2D eigenvalue weighted by molar-refractivity contribution is 7.17. The van der Waals surface area contributed by atoms with E-state index < -0.39 is 11.6 Å². The van der Waals surface area contributed by atoms with Crippen molar-refractivity contribution < 1.29 is 14.3 Å². The summed E-state index contributed by atoms with van der Waals surface area (Å²) in [5, 5.41) is 8.89. The highest BCUT2D eigenvalue weighted by Crippen LogP contribution is 2.30. The van der Waals surface area contributed by atoms with Gasteiger partial charge >= 0.3 is 5.69 Å². The van der Waals surface area contributed by atoms with Crippen molar-refractivity contribution in [2.45, 2.75) is 33.5 Å². The monoisotopic (exact) mass is 471 g/mol. The third-order valence-electron chi connectivity index (χ3n) is 5.19. The summed E-state index contributed by atoms with van der Waals surface area (Å²) in [6, 6.07) is 7.10. The molecule has 1 amide bonds. The van der Waals surface area contributed by atoms with Gasteiger partial charge in [0.2, 0.25) is 11.7 Å². The molecule has 0 unspecified atom stereocenters. The zero-order valence-electron chi connectivity index (χ0n) is 18.8. The molecule has 0 aliphatic heterocycles. The third-order valence-corrected chi connectivity index (χ3v) is 6.08. The summed E-state index contributed by atoms with van der Waals surface area (Å²) in [6.07, 6.45) is 0. The molecule has 0 saturated heterocycles. The van der Waals surface area contributed by atoms with Crippen LogP contribution in [-0.4, -0.2) is 38.9 Å². The Bertz CT molecular complexity index is 1450. The van der Waals surface area contributed by atoms with Crippen molar-refractivity contribution in [3.63, 3.8) is 0 Å². The molecule has 3 aromatic heterocycles. The number of ether oxygens (including phenoxy) is 2. The molecule has 0 radical (unpaired) electrons. The van der Waals surface area contributed by atoms with Gasteiger partial charge < -0.3 is 14.8 Å². The van der Waals surface area contributed by atoms with Crippen LogP contribution in [0.5, 0.6) is 11.5 Å². The number of amides is 1. The van der Waals surface area contributed by atoms with Crippen LogP contribution in [0.4, 0.5) is 0 Å². The first-order chi connectivity index (χ1) is 15.8. The van der Waals surface area contributed by atoms with Crippen LogP contribution in [0.15, 0.2) is 39.2 Å². The van der Waals surface area contributed by atoms with E-state index in [1.807, 2.05) is 19.9 Å². The molecule has 0 bridgehead atoms. The zero-order chi connectivity index (χ0) is 23.7. The molecule has 1 aromatic carbocycles. The third kappa shape index (κ3) is 4.11. The number of hydrogen-bond donors (Lipinski definition) is 1. The van der Waals surface area contributed by atoms with E-state index in [0.29, 0.717) is 28.3 Å². The molecule has 1 N–H and O–H groups in total. The van der Waals surface area contributed by atoms with Crippen molar-refractivity contribution in [3.05, 3.63) is 56.0 Å². The fourth-order valence-corrected chi connectivity index (χ4v) is 4.57. The van der Waals surface area contributed by atoms with Gasteiger partial charge in [-0.1, -0.05) is 26.0 Å². The standard InChI is InChI=1S/C22H25N5O5S/c1-13(2)11-25-20(29)19-15(8-9-33-19)27-21(25)24-26(22(27)30)12-17(28)23-10-14-6-5-7-16(31-3)18(14)32-4/h5-9,13H,10-12H2,1-4H3,(H,23,28). The molecular weight excluding hydrogens is 446 g/mol. The second kappa shape index (κ2) is 9.10. The van der Waals surface area contributed by atoms with Crippen LogP contribution in [0, 0.1) is 5.92 Å². The number of fused-ring (bicyclic) bond motifs is 3. The van der Waals surface area contributed by atoms with Crippen molar-refractivity contribution in [2.24, 2.45) is 5.92 Å². The number of para-hydroxylation sites is 1. The van der Waals surface area contributed by atoms with E-state index in [2.05, 4.69) is 10.4 Å². The summed E-state index contributed by atoms with van der Waals surface area (Å²) < 4.78 is 15.1. The highest BCUT2D eigenvalue weighted by atomic mass is 32.1. The Labute approximate surface area is 193 Å². The SMILES string of the molecule is COc1cccc(CNC(=O)Cn2nc3n(CC(C)C)c(=O)c4sccc4n3c2=O)c1OC. The molecule has 174 valence electrons. The quantitative estimate of drug-likeness (QED) is 0.420.